The predicted octanol–water partition coefficient (Wildman–Crippen LogP) is 0.865. The van der Waals surface area contributed by atoms with Gasteiger partial charge in [-0.2, -0.15) is 0 Å². The van der Waals surface area contributed by atoms with Crippen LogP contribution < -0.4 is 5.32 Å². The normalized spacial score (nSPS) is 23.9. The van der Waals surface area contributed by atoms with Crippen LogP contribution in [0.2, 0.25) is 0 Å². The summed E-state index contributed by atoms with van der Waals surface area (Å²) in [7, 11) is 1.94. The third-order valence-corrected chi connectivity index (χ3v) is 3.48. The van der Waals surface area contributed by atoms with E-state index in [1.807, 2.05) is 11.9 Å². The second-order valence-corrected chi connectivity index (χ2v) is 4.74. The highest BCUT2D eigenvalue weighted by atomic mass is 16.6. The molecule has 0 aromatic rings. The average molecular weight is 254 g/mol. The second-order valence-electron chi connectivity index (χ2n) is 4.74. The lowest BCUT2D eigenvalue weighted by atomic mass is 9.99. The van der Waals surface area contributed by atoms with Crippen molar-refractivity contribution in [1.29, 1.82) is 0 Å². The maximum Gasteiger partial charge on any atom is 0.292 e. The van der Waals surface area contributed by atoms with Gasteiger partial charge >= 0.3 is 0 Å². The SMILES string of the molecule is CNCCC1CCCCN1C(=O)C1=COCCO1. The van der Waals surface area contributed by atoms with E-state index in [9.17, 15) is 4.79 Å². The molecule has 0 aliphatic carbocycles. The summed E-state index contributed by atoms with van der Waals surface area (Å²) in [6.07, 6.45) is 5.82. The van der Waals surface area contributed by atoms with E-state index in [2.05, 4.69) is 5.32 Å². The molecule has 0 radical (unpaired) electrons. The molecule has 102 valence electrons. The number of rotatable bonds is 4. The van der Waals surface area contributed by atoms with Crippen LogP contribution in [0.15, 0.2) is 12.0 Å². The van der Waals surface area contributed by atoms with Crippen LogP contribution in [0, 0.1) is 0 Å². The molecule has 1 unspecified atom stereocenters. The molecule has 0 aromatic carbocycles. The molecule has 0 spiro atoms. The first-order valence-corrected chi connectivity index (χ1v) is 6.73. The van der Waals surface area contributed by atoms with Gasteiger partial charge in [-0.15, -0.1) is 0 Å². The smallest absolute Gasteiger partial charge is 0.292 e. The van der Waals surface area contributed by atoms with E-state index in [4.69, 9.17) is 9.47 Å². The maximum absolute atomic E-state index is 12.4. The van der Waals surface area contributed by atoms with Gasteiger partial charge in [0, 0.05) is 12.6 Å². The monoisotopic (exact) mass is 254 g/mol. The maximum atomic E-state index is 12.4. The molecule has 1 saturated heterocycles. The van der Waals surface area contributed by atoms with Gasteiger partial charge in [0.15, 0.2) is 0 Å². The van der Waals surface area contributed by atoms with Gasteiger partial charge in [0.2, 0.25) is 5.76 Å². The molecule has 1 N–H and O–H groups in total. The van der Waals surface area contributed by atoms with E-state index >= 15 is 0 Å². The van der Waals surface area contributed by atoms with Gasteiger partial charge in [-0.1, -0.05) is 0 Å². The van der Waals surface area contributed by atoms with Crippen molar-refractivity contribution in [2.24, 2.45) is 0 Å². The fourth-order valence-electron chi connectivity index (χ4n) is 2.50. The minimum atomic E-state index is -0.0181. The topological polar surface area (TPSA) is 50.8 Å². The third kappa shape index (κ3) is 3.16. The summed E-state index contributed by atoms with van der Waals surface area (Å²) in [4.78, 5) is 14.3. The van der Waals surface area contributed by atoms with Gasteiger partial charge in [0.05, 0.1) is 0 Å². The molecule has 1 atom stereocenters. The average Bonchev–Trinajstić information content (AvgIpc) is 2.45. The Bertz CT molecular complexity index is 317. The number of carbonyl (C=O) groups excluding carboxylic acids is 1. The van der Waals surface area contributed by atoms with Crippen LogP contribution in [0.25, 0.3) is 0 Å². The molecule has 0 aromatic heterocycles. The van der Waals surface area contributed by atoms with E-state index in [1.54, 1.807) is 0 Å². The van der Waals surface area contributed by atoms with Gasteiger partial charge in [-0.3, -0.25) is 4.79 Å². The van der Waals surface area contributed by atoms with Crippen molar-refractivity contribution in [1.82, 2.24) is 10.2 Å². The summed E-state index contributed by atoms with van der Waals surface area (Å²) in [5, 5.41) is 3.15. The molecular formula is C13H22N2O3. The Morgan fingerprint density at radius 1 is 1.50 bits per heavy atom. The first-order chi connectivity index (χ1) is 8.83. The molecule has 2 heterocycles. The molecule has 2 aliphatic heterocycles. The molecule has 2 rings (SSSR count). The fraction of sp³-hybridized carbons (Fsp3) is 0.769. The highest BCUT2D eigenvalue weighted by molar-refractivity contribution is 5.91. The van der Waals surface area contributed by atoms with Gasteiger partial charge in [-0.05, 0) is 39.3 Å². The molecule has 0 bridgehead atoms. The highest BCUT2D eigenvalue weighted by Crippen LogP contribution is 2.22. The number of likely N-dealkylation sites (tertiary alicyclic amines) is 1. The van der Waals surface area contributed by atoms with Crippen molar-refractivity contribution >= 4 is 5.91 Å². The van der Waals surface area contributed by atoms with E-state index in [1.165, 1.54) is 12.7 Å². The number of carbonyl (C=O) groups is 1. The summed E-state index contributed by atoms with van der Waals surface area (Å²) < 4.78 is 10.5. The van der Waals surface area contributed by atoms with Crippen molar-refractivity contribution in [3.8, 4) is 0 Å². The minimum Gasteiger partial charge on any atom is -0.494 e. The van der Waals surface area contributed by atoms with Gasteiger partial charge in [0.25, 0.3) is 5.91 Å². The zero-order valence-electron chi connectivity index (χ0n) is 11.0. The standard InChI is InChI=1S/C13H22N2O3/c1-14-6-5-11-4-2-3-7-15(11)13(16)12-10-17-8-9-18-12/h10-11,14H,2-9H2,1H3. The number of nitrogens with one attached hydrogen (secondary N) is 1. The number of nitrogens with zero attached hydrogens (tertiary/aromatic N) is 1. The number of ether oxygens (including phenoxy) is 2. The molecule has 0 saturated carbocycles. The van der Waals surface area contributed by atoms with E-state index in [-0.39, 0.29) is 5.91 Å². The van der Waals surface area contributed by atoms with Crippen LogP contribution in [0.3, 0.4) is 0 Å². The predicted molar refractivity (Wildman–Crippen MR) is 67.9 cm³/mol. The quantitative estimate of drug-likeness (QED) is 0.808. The van der Waals surface area contributed by atoms with Crippen molar-refractivity contribution in [3.05, 3.63) is 12.0 Å². The summed E-state index contributed by atoms with van der Waals surface area (Å²) in [5.74, 6) is 0.341. The van der Waals surface area contributed by atoms with Crippen molar-refractivity contribution in [2.45, 2.75) is 31.7 Å². The lowest BCUT2D eigenvalue weighted by molar-refractivity contribution is -0.136. The van der Waals surface area contributed by atoms with E-state index in [0.29, 0.717) is 25.0 Å². The fourth-order valence-corrected chi connectivity index (χ4v) is 2.50. The molecule has 5 heteroatoms. The van der Waals surface area contributed by atoms with Crippen LogP contribution in [0.1, 0.15) is 25.7 Å². The Hall–Kier alpha value is -1.23. The number of hydrogen-bond acceptors (Lipinski definition) is 4. The van der Waals surface area contributed by atoms with Crippen LogP contribution in [0.5, 0.6) is 0 Å². The van der Waals surface area contributed by atoms with E-state index in [0.717, 1.165) is 32.4 Å². The lowest BCUT2D eigenvalue weighted by Gasteiger charge is -2.36. The minimum absolute atomic E-state index is 0.0181. The largest absolute Gasteiger partial charge is 0.494 e. The summed E-state index contributed by atoms with van der Waals surface area (Å²) in [5.41, 5.74) is 0. The first-order valence-electron chi connectivity index (χ1n) is 6.73. The Morgan fingerprint density at radius 3 is 3.11 bits per heavy atom. The Balaban J connectivity index is 1.98. The first kappa shape index (κ1) is 13.2. The summed E-state index contributed by atoms with van der Waals surface area (Å²) >= 11 is 0. The summed E-state index contributed by atoms with van der Waals surface area (Å²) in [6.45, 7) is 2.76. The van der Waals surface area contributed by atoms with Crippen molar-refractivity contribution in [2.75, 3.05) is 33.4 Å². The molecule has 18 heavy (non-hydrogen) atoms. The molecule has 5 nitrogen and oxygen atoms in total. The van der Waals surface area contributed by atoms with Gasteiger partial charge in [-0.25, -0.2) is 0 Å². The van der Waals surface area contributed by atoms with E-state index < -0.39 is 0 Å². The molecular weight excluding hydrogens is 232 g/mol. The van der Waals surface area contributed by atoms with Crippen LogP contribution in [-0.2, 0) is 14.3 Å². The summed E-state index contributed by atoms with van der Waals surface area (Å²) in [6, 6.07) is 0.324. The van der Waals surface area contributed by atoms with Crippen LogP contribution in [0.4, 0.5) is 0 Å². The zero-order chi connectivity index (χ0) is 12.8. The van der Waals surface area contributed by atoms with Gasteiger partial charge in [0.1, 0.15) is 19.5 Å². The van der Waals surface area contributed by atoms with Crippen LogP contribution in [-0.4, -0.2) is 50.2 Å². The Kier molecular flexibility index (Phi) is 4.87. The number of amides is 1. The second kappa shape index (κ2) is 6.64. The molecule has 2 aliphatic rings. The number of hydrogen-bond donors (Lipinski definition) is 1. The zero-order valence-corrected chi connectivity index (χ0v) is 11.0. The van der Waals surface area contributed by atoms with Crippen molar-refractivity contribution < 1.29 is 14.3 Å². The number of piperidine rings is 1. The lowest BCUT2D eigenvalue weighted by Crippen LogP contribution is -2.46. The highest BCUT2D eigenvalue weighted by Gasteiger charge is 2.30. The Morgan fingerprint density at radius 2 is 2.39 bits per heavy atom. The van der Waals surface area contributed by atoms with Gasteiger partial charge < -0.3 is 19.7 Å². The van der Waals surface area contributed by atoms with Crippen LogP contribution >= 0.6 is 0 Å². The molecule has 1 amide bonds. The third-order valence-electron chi connectivity index (χ3n) is 3.48. The Labute approximate surface area is 108 Å². The molecule has 1 fully saturated rings. The van der Waals surface area contributed by atoms with Crippen molar-refractivity contribution in [3.63, 3.8) is 0 Å².